The molecule has 0 atom stereocenters. The number of nitrogens with one attached hydrogen (secondary N) is 1. The number of rotatable bonds is 1. The van der Waals surface area contributed by atoms with Crippen LogP contribution in [-0.2, 0) is 0 Å². The molecule has 2 nitrogen and oxygen atoms in total. The third-order valence-electron chi connectivity index (χ3n) is 0.0445. The van der Waals surface area contributed by atoms with Crippen molar-refractivity contribution in [3.63, 3.8) is 0 Å². The minimum atomic E-state index is 1.35. The topological polar surface area (TPSA) is 38.0 Å². The first kappa shape index (κ1) is 5.00. The zero-order valence-electron chi connectivity index (χ0n) is 1.86. The molecule has 26 valence electrons. The van der Waals surface area contributed by atoms with Crippen LogP contribution in [0, 0.1) is 0 Å². The SMILES string of the molecule is NNSI. The summed E-state index contributed by atoms with van der Waals surface area (Å²) in [4.78, 5) is 2.33. The van der Waals surface area contributed by atoms with E-state index in [0.29, 0.717) is 0 Å². The molecule has 4 heavy (non-hydrogen) atoms. The summed E-state index contributed by atoms with van der Waals surface area (Å²) in [5.74, 6) is 4.73. The minimum Gasteiger partial charge on any atom is -0.261 e. The largest absolute Gasteiger partial charge is 0.261 e. The Balaban J connectivity index is 1.97. The van der Waals surface area contributed by atoms with Crippen molar-refractivity contribution in [2.24, 2.45) is 5.84 Å². The molecule has 0 unspecified atom stereocenters. The Hall–Kier alpha value is 1.00. The first-order chi connectivity index (χ1) is 1.91. The lowest BCUT2D eigenvalue weighted by Gasteiger charge is -1.73. The third kappa shape index (κ3) is 3.00. The van der Waals surface area contributed by atoms with Crippen molar-refractivity contribution in [3.8, 4) is 0 Å². The lowest BCUT2D eigenvalue weighted by atomic mass is 13.0. The highest BCUT2D eigenvalue weighted by molar-refractivity contribution is 14.2. The maximum atomic E-state index is 4.73. The van der Waals surface area contributed by atoms with Crippen LogP contribution < -0.4 is 10.7 Å². The Morgan fingerprint density at radius 1 is 2.00 bits per heavy atom. The quantitative estimate of drug-likeness (QED) is 0.273. The lowest BCUT2D eigenvalue weighted by molar-refractivity contribution is 1.13. The van der Waals surface area contributed by atoms with Gasteiger partial charge < -0.3 is 0 Å². The standard InChI is InChI=1S/H3IN2S/c1-4-3-2/h3H,2H2. The van der Waals surface area contributed by atoms with Gasteiger partial charge in [0, 0.05) is 30.3 Å². The smallest absolute Gasteiger partial charge is 0.0157 e. The summed E-state index contributed by atoms with van der Waals surface area (Å²) in [5, 5.41) is 0. The van der Waals surface area contributed by atoms with Crippen LogP contribution in [0.1, 0.15) is 0 Å². The molecule has 0 aromatic carbocycles. The van der Waals surface area contributed by atoms with Gasteiger partial charge in [-0.05, 0) is 0 Å². The molecular formula is H3IN2S. The molecule has 0 amide bonds. The Bertz CT molecular complexity index is 8.00. The van der Waals surface area contributed by atoms with Gasteiger partial charge in [-0.3, -0.25) is 5.84 Å². The highest BCUT2D eigenvalue weighted by Gasteiger charge is 1.53. The minimum absolute atomic E-state index is 1.35. The number of halogens is 1. The maximum Gasteiger partial charge on any atom is 0.0157 e. The first-order valence-corrected chi connectivity index (χ1v) is 4.01. The molecule has 0 aliphatic heterocycles. The van der Waals surface area contributed by atoms with Crippen molar-refractivity contribution < 1.29 is 0 Å². The fraction of sp³-hybridized carbons (Fsp3) is 0. The van der Waals surface area contributed by atoms with Gasteiger partial charge in [-0.15, -0.1) is 0 Å². The molecule has 0 heterocycles. The van der Waals surface area contributed by atoms with Crippen molar-refractivity contribution in [1.29, 1.82) is 0 Å². The molecule has 0 fully saturated rings. The summed E-state index contributed by atoms with van der Waals surface area (Å²) in [6.07, 6.45) is 0. The number of hydrazine groups is 1. The number of nitrogens with two attached hydrogens (primary N) is 1. The fourth-order valence-electron chi connectivity index (χ4n) is 0. The van der Waals surface area contributed by atoms with E-state index < -0.39 is 0 Å². The van der Waals surface area contributed by atoms with E-state index in [9.17, 15) is 0 Å². The average Bonchev–Trinajstić information content (AvgIpc) is 1.37. The summed E-state index contributed by atoms with van der Waals surface area (Å²) >= 11 is 2.03. The van der Waals surface area contributed by atoms with Gasteiger partial charge in [-0.2, -0.15) is 4.83 Å². The number of hydrogen-bond acceptors (Lipinski definition) is 3. The van der Waals surface area contributed by atoms with Crippen LogP contribution in [0.5, 0.6) is 0 Å². The Kier molecular flexibility index (Phi) is 5.00. The van der Waals surface area contributed by atoms with Gasteiger partial charge in [-0.1, -0.05) is 0 Å². The normalized spacial score (nSPS) is 7.50. The molecule has 0 aliphatic rings. The second-order valence-electron chi connectivity index (χ2n) is 0.195. The molecule has 0 saturated carbocycles. The van der Waals surface area contributed by atoms with Gasteiger partial charge in [0.15, 0.2) is 0 Å². The van der Waals surface area contributed by atoms with Gasteiger partial charge in [0.2, 0.25) is 0 Å². The van der Waals surface area contributed by atoms with Gasteiger partial charge in [0.25, 0.3) is 0 Å². The van der Waals surface area contributed by atoms with E-state index in [-0.39, 0.29) is 0 Å². The molecule has 0 saturated heterocycles. The molecular weight excluding hydrogens is 187 g/mol. The predicted molar refractivity (Wildman–Crippen MR) is 28.9 cm³/mol. The zero-order valence-corrected chi connectivity index (χ0v) is 4.84. The second kappa shape index (κ2) is 4.00. The van der Waals surface area contributed by atoms with E-state index in [0.717, 1.165) is 0 Å². The summed E-state index contributed by atoms with van der Waals surface area (Å²) < 4.78 is 0. The molecule has 0 radical (unpaired) electrons. The molecule has 4 heteroatoms. The monoisotopic (exact) mass is 190 g/mol. The predicted octanol–water partition coefficient (Wildman–Crippen LogP) is 0.448. The van der Waals surface area contributed by atoms with Crippen LogP contribution in [-0.4, -0.2) is 0 Å². The first-order valence-electron chi connectivity index (χ1n) is 0.647. The van der Waals surface area contributed by atoms with Crippen LogP contribution in [0.3, 0.4) is 0 Å². The van der Waals surface area contributed by atoms with E-state index in [1.54, 1.807) is 0 Å². The Morgan fingerprint density at radius 2 is 2.25 bits per heavy atom. The second-order valence-corrected chi connectivity index (χ2v) is 1.91. The lowest BCUT2D eigenvalue weighted by Crippen LogP contribution is -2.07. The van der Waals surface area contributed by atoms with Crippen molar-refractivity contribution >= 4 is 30.3 Å². The van der Waals surface area contributed by atoms with Crippen molar-refractivity contribution in [1.82, 2.24) is 4.83 Å². The third-order valence-corrected chi connectivity index (χ3v) is 0.896. The molecule has 0 bridgehead atoms. The van der Waals surface area contributed by atoms with Gasteiger partial charge in [0.1, 0.15) is 0 Å². The molecule has 3 N–H and O–H groups in total. The average molecular weight is 190 g/mol. The van der Waals surface area contributed by atoms with E-state index in [1.165, 1.54) is 9.12 Å². The van der Waals surface area contributed by atoms with Crippen molar-refractivity contribution in [2.45, 2.75) is 0 Å². The van der Waals surface area contributed by atoms with E-state index in [4.69, 9.17) is 5.84 Å². The van der Waals surface area contributed by atoms with Gasteiger partial charge in [0.05, 0.1) is 0 Å². The fourth-order valence-corrected chi connectivity index (χ4v) is 0. The van der Waals surface area contributed by atoms with Crippen LogP contribution >= 0.6 is 30.3 Å². The summed E-state index contributed by atoms with van der Waals surface area (Å²) in [6.45, 7) is 0. The zero-order chi connectivity index (χ0) is 3.41. The van der Waals surface area contributed by atoms with E-state index in [1.807, 2.05) is 21.2 Å². The summed E-state index contributed by atoms with van der Waals surface area (Å²) in [6, 6.07) is 0. The van der Waals surface area contributed by atoms with Crippen molar-refractivity contribution in [2.75, 3.05) is 0 Å². The van der Waals surface area contributed by atoms with Crippen LogP contribution in [0.25, 0.3) is 0 Å². The summed E-state index contributed by atoms with van der Waals surface area (Å²) in [5.41, 5.74) is 0. The van der Waals surface area contributed by atoms with E-state index in [2.05, 4.69) is 4.83 Å². The van der Waals surface area contributed by atoms with Crippen molar-refractivity contribution in [3.05, 3.63) is 0 Å². The molecule has 0 spiro atoms. The van der Waals surface area contributed by atoms with E-state index >= 15 is 0 Å². The summed E-state index contributed by atoms with van der Waals surface area (Å²) in [7, 11) is 1.35. The Morgan fingerprint density at radius 3 is 2.25 bits per heavy atom. The molecule has 0 aromatic rings. The maximum absolute atomic E-state index is 4.73. The molecule has 0 aromatic heterocycles. The Labute approximate surface area is 41.2 Å². The highest BCUT2D eigenvalue weighted by Crippen LogP contribution is 1.98. The van der Waals surface area contributed by atoms with Crippen LogP contribution in [0.2, 0.25) is 0 Å². The number of hydrogen-bond donors (Lipinski definition) is 2. The van der Waals surface area contributed by atoms with Gasteiger partial charge >= 0.3 is 0 Å². The highest BCUT2D eigenvalue weighted by atomic mass is 127. The van der Waals surface area contributed by atoms with Crippen LogP contribution in [0.15, 0.2) is 0 Å². The molecule has 0 rings (SSSR count). The van der Waals surface area contributed by atoms with Gasteiger partial charge in [-0.25, -0.2) is 0 Å². The van der Waals surface area contributed by atoms with Crippen LogP contribution in [0.4, 0.5) is 0 Å². The molecule has 0 aliphatic carbocycles.